The van der Waals surface area contributed by atoms with Crippen LogP contribution in [0.25, 0.3) is 0 Å². The van der Waals surface area contributed by atoms with Crippen molar-refractivity contribution in [3.8, 4) is 0 Å². The van der Waals surface area contributed by atoms with Crippen LogP contribution in [0.2, 0.25) is 0 Å². The van der Waals surface area contributed by atoms with Gasteiger partial charge in [0.15, 0.2) is 0 Å². The molecule has 3 saturated carbocycles. The second-order valence-corrected chi connectivity index (χ2v) is 5.25. The number of hydrogen-bond acceptors (Lipinski definition) is 0. The Labute approximate surface area is 69.4 Å². The first-order valence-corrected chi connectivity index (χ1v) is 5.26. The monoisotopic (exact) mass is 150 g/mol. The molecule has 0 amide bonds. The topological polar surface area (TPSA) is 0 Å². The van der Waals surface area contributed by atoms with Gasteiger partial charge in [-0.25, -0.2) is 0 Å². The molecule has 0 nitrogen and oxygen atoms in total. The van der Waals surface area contributed by atoms with E-state index >= 15 is 0 Å². The van der Waals surface area contributed by atoms with Crippen molar-refractivity contribution in [3.05, 3.63) is 0 Å². The van der Waals surface area contributed by atoms with E-state index in [2.05, 4.69) is 13.8 Å². The zero-order valence-electron chi connectivity index (χ0n) is 7.64. The summed E-state index contributed by atoms with van der Waals surface area (Å²) in [6, 6.07) is 0. The van der Waals surface area contributed by atoms with Gasteiger partial charge in [0.2, 0.25) is 0 Å². The van der Waals surface area contributed by atoms with Crippen molar-refractivity contribution in [2.24, 2.45) is 29.1 Å². The van der Waals surface area contributed by atoms with Gasteiger partial charge in [-0.05, 0) is 48.3 Å². The molecular weight excluding hydrogens is 132 g/mol. The van der Waals surface area contributed by atoms with Crippen molar-refractivity contribution in [2.75, 3.05) is 0 Å². The molecule has 3 rings (SSSR count). The Balaban J connectivity index is 2.00. The Morgan fingerprint density at radius 2 is 2.09 bits per heavy atom. The molecule has 0 aliphatic heterocycles. The summed E-state index contributed by atoms with van der Waals surface area (Å²) >= 11 is 0. The molecule has 3 aliphatic carbocycles. The molecule has 0 radical (unpaired) electrons. The van der Waals surface area contributed by atoms with Gasteiger partial charge in [0, 0.05) is 0 Å². The van der Waals surface area contributed by atoms with Crippen molar-refractivity contribution in [3.63, 3.8) is 0 Å². The zero-order valence-corrected chi connectivity index (χ0v) is 7.64. The van der Waals surface area contributed by atoms with E-state index in [-0.39, 0.29) is 0 Å². The van der Waals surface area contributed by atoms with E-state index in [9.17, 15) is 0 Å². The highest BCUT2D eigenvalue weighted by molar-refractivity contribution is 5.17. The average molecular weight is 150 g/mol. The maximum Gasteiger partial charge on any atom is -0.0235 e. The first-order valence-electron chi connectivity index (χ1n) is 5.26. The van der Waals surface area contributed by atoms with Gasteiger partial charge in [0.1, 0.15) is 0 Å². The predicted molar refractivity (Wildman–Crippen MR) is 46.2 cm³/mol. The maximum atomic E-state index is 2.51. The van der Waals surface area contributed by atoms with Crippen molar-refractivity contribution < 1.29 is 0 Å². The normalized spacial score (nSPS) is 66.0. The third-order valence-electron chi connectivity index (χ3n) is 5.25. The molecule has 3 aliphatic rings. The first kappa shape index (κ1) is 6.51. The van der Waals surface area contributed by atoms with Crippen molar-refractivity contribution in [1.82, 2.24) is 0 Å². The van der Waals surface area contributed by atoms with E-state index < -0.39 is 0 Å². The molecule has 11 heavy (non-hydrogen) atoms. The van der Waals surface area contributed by atoms with E-state index in [0.29, 0.717) is 0 Å². The highest BCUT2D eigenvalue weighted by Gasteiger charge is 2.68. The molecule has 0 aromatic carbocycles. The van der Waals surface area contributed by atoms with Gasteiger partial charge in [-0.2, -0.15) is 0 Å². The second kappa shape index (κ2) is 1.67. The lowest BCUT2D eigenvalue weighted by molar-refractivity contribution is 0.279. The third kappa shape index (κ3) is 0.554. The van der Waals surface area contributed by atoms with Crippen LogP contribution in [0, 0.1) is 29.1 Å². The Hall–Kier alpha value is 0. The lowest BCUT2D eigenvalue weighted by atomic mass is 9.84. The van der Waals surface area contributed by atoms with Crippen molar-refractivity contribution >= 4 is 0 Å². The van der Waals surface area contributed by atoms with Gasteiger partial charge in [0.05, 0.1) is 0 Å². The summed E-state index contributed by atoms with van der Waals surface area (Å²) in [7, 11) is 0. The average Bonchev–Trinajstić information content (AvgIpc) is 2.72. The second-order valence-electron chi connectivity index (χ2n) is 5.25. The van der Waals surface area contributed by atoms with Gasteiger partial charge < -0.3 is 0 Å². The molecule has 0 aromatic heterocycles. The fourth-order valence-electron chi connectivity index (χ4n) is 4.36. The predicted octanol–water partition coefficient (Wildman–Crippen LogP) is 3.08. The molecule has 0 N–H and O–H groups in total. The van der Waals surface area contributed by atoms with E-state index in [1.807, 2.05) is 0 Å². The zero-order chi connectivity index (χ0) is 7.64. The Kier molecular flexibility index (Phi) is 0.990. The number of rotatable bonds is 0. The highest BCUT2D eigenvalue weighted by atomic mass is 14.7. The van der Waals surface area contributed by atoms with Gasteiger partial charge in [-0.15, -0.1) is 0 Å². The molecule has 0 heterocycles. The van der Waals surface area contributed by atoms with Crippen LogP contribution in [0.1, 0.15) is 39.5 Å². The van der Waals surface area contributed by atoms with Gasteiger partial charge in [0.25, 0.3) is 0 Å². The summed E-state index contributed by atoms with van der Waals surface area (Å²) in [5, 5.41) is 0. The molecule has 5 unspecified atom stereocenters. The Bertz CT molecular complexity index is 192. The molecule has 5 atom stereocenters. The first-order chi connectivity index (χ1) is 5.26. The van der Waals surface area contributed by atoms with Crippen LogP contribution in [-0.4, -0.2) is 0 Å². The summed E-state index contributed by atoms with van der Waals surface area (Å²) in [6.45, 7) is 5.00. The van der Waals surface area contributed by atoms with Crippen LogP contribution in [0.5, 0.6) is 0 Å². The molecule has 0 heteroatoms. The Morgan fingerprint density at radius 3 is 2.73 bits per heavy atom. The van der Waals surface area contributed by atoms with Crippen LogP contribution < -0.4 is 0 Å². The van der Waals surface area contributed by atoms with E-state index in [1.54, 1.807) is 19.3 Å². The highest BCUT2D eigenvalue weighted by Crippen LogP contribution is 2.76. The molecule has 3 fully saturated rings. The minimum Gasteiger partial charge on any atom is -0.0620 e. The van der Waals surface area contributed by atoms with Crippen LogP contribution >= 0.6 is 0 Å². The minimum absolute atomic E-state index is 0.891. The lowest BCUT2D eigenvalue weighted by Crippen LogP contribution is -2.14. The largest absolute Gasteiger partial charge is 0.0620 e. The SMILES string of the molecule is CC1C2CCCC3(CC23)C1C. The van der Waals surface area contributed by atoms with Crippen LogP contribution in [0.15, 0.2) is 0 Å². The molecular formula is C11H18. The van der Waals surface area contributed by atoms with Gasteiger partial charge in [-0.1, -0.05) is 20.3 Å². The fraction of sp³-hybridized carbons (Fsp3) is 1.00. The lowest BCUT2D eigenvalue weighted by Gasteiger charge is -2.21. The Morgan fingerprint density at radius 1 is 1.27 bits per heavy atom. The quantitative estimate of drug-likeness (QED) is 0.498. The van der Waals surface area contributed by atoms with Gasteiger partial charge >= 0.3 is 0 Å². The number of hydrogen-bond donors (Lipinski definition) is 0. The summed E-state index contributed by atoms with van der Waals surface area (Å²) < 4.78 is 0. The molecule has 62 valence electrons. The molecule has 0 saturated heterocycles. The summed E-state index contributed by atoms with van der Waals surface area (Å²) in [5.74, 6) is 4.43. The molecule has 0 spiro atoms. The molecule has 0 aromatic rings. The van der Waals surface area contributed by atoms with E-state index in [0.717, 1.165) is 23.2 Å². The standard InChI is InChI=1S/C11H18/c1-7-8(2)11-5-3-4-9(7)10(11)6-11/h7-10H,3-6H2,1-2H3. The van der Waals surface area contributed by atoms with E-state index in [1.165, 1.54) is 12.3 Å². The molecule has 2 bridgehead atoms. The fourth-order valence-corrected chi connectivity index (χ4v) is 4.36. The maximum absolute atomic E-state index is 2.51. The van der Waals surface area contributed by atoms with E-state index in [4.69, 9.17) is 0 Å². The van der Waals surface area contributed by atoms with Crippen LogP contribution in [0.4, 0.5) is 0 Å². The third-order valence-corrected chi connectivity index (χ3v) is 5.25. The van der Waals surface area contributed by atoms with Crippen LogP contribution in [0.3, 0.4) is 0 Å². The summed E-state index contributed by atoms with van der Waals surface area (Å²) in [6.07, 6.45) is 6.26. The summed E-state index contributed by atoms with van der Waals surface area (Å²) in [4.78, 5) is 0. The van der Waals surface area contributed by atoms with Gasteiger partial charge in [-0.3, -0.25) is 0 Å². The van der Waals surface area contributed by atoms with Crippen molar-refractivity contribution in [2.45, 2.75) is 39.5 Å². The van der Waals surface area contributed by atoms with Crippen molar-refractivity contribution in [1.29, 1.82) is 0 Å². The smallest absolute Gasteiger partial charge is 0.0235 e. The van der Waals surface area contributed by atoms with Crippen LogP contribution in [-0.2, 0) is 0 Å². The minimum atomic E-state index is 0.891. The summed E-state index contributed by atoms with van der Waals surface area (Å²) in [5.41, 5.74) is 0.891.